The maximum Gasteiger partial charge on any atom is 0.172 e. The van der Waals surface area contributed by atoms with Crippen LogP contribution in [0.1, 0.15) is 21.7 Å². The second kappa shape index (κ2) is 5.85. The number of benzene rings is 2. The molecule has 2 aromatic carbocycles. The predicted molar refractivity (Wildman–Crippen MR) is 75.9 cm³/mol. The van der Waals surface area contributed by atoms with E-state index in [1.807, 2.05) is 0 Å². The summed E-state index contributed by atoms with van der Waals surface area (Å²) in [5.41, 5.74) is 1.56. The number of halogens is 2. The molecule has 0 aliphatic heterocycles. The van der Waals surface area contributed by atoms with Crippen molar-refractivity contribution in [3.05, 3.63) is 77.1 Å². The average Bonchev–Trinajstić information content (AvgIpc) is 2.92. The number of para-hydroxylation sites is 1. The van der Waals surface area contributed by atoms with Gasteiger partial charge in [-0.1, -0.05) is 29.5 Å². The van der Waals surface area contributed by atoms with E-state index >= 15 is 0 Å². The molecule has 110 valence electrons. The van der Waals surface area contributed by atoms with Crippen molar-refractivity contribution in [3.8, 4) is 5.69 Å². The van der Waals surface area contributed by atoms with Crippen molar-refractivity contribution in [3.63, 3.8) is 0 Å². The molecule has 0 spiro atoms. The maximum atomic E-state index is 13.9. The van der Waals surface area contributed by atoms with Gasteiger partial charge >= 0.3 is 0 Å². The van der Waals surface area contributed by atoms with Crippen LogP contribution in [0.25, 0.3) is 5.69 Å². The highest BCUT2D eigenvalue weighted by molar-refractivity contribution is 5.73. The molecule has 0 unspecified atom stereocenters. The molecule has 0 aliphatic rings. The van der Waals surface area contributed by atoms with Crippen LogP contribution in [0.3, 0.4) is 0 Å². The smallest absolute Gasteiger partial charge is 0.172 e. The number of aldehydes is 1. The van der Waals surface area contributed by atoms with E-state index in [2.05, 4.69) is 10.3 Å². The van der Waals surface area contributed by atoms with Crippen LogP contribution in [-0.4, -0.2) is 21.3 Å². The van der Waals surface area contributed by atoms with Gasteiger partial charge in [-0.15, -0.1) is 5.10 Å². The molecule has 22 heavy (non-hydrogen) atoms. The molecule has 1 aromatic heterocycles. The normalized spacial score (nSPS) is 10.6. The summed E-state index contributed by atoms with van der Waals surface area (Å²) in [6.07, 6.45) is 0.860. The Bertz CT molecular complexity index is 813. The summed E-state index contributed by atoms with van der Waals surface area (Å²) in [6, 6.07) is 11.9. The Balaban J connectivity index is 2.06. The molecular formula is C16H11F2N3O. The first-order valence-electron chi connectivity index (χ1n) is 6.58. The molecule has 0 saturated heterocycles. The summed E-state index contributed by atoms with van der Waals surface area (Å²) < 4.78 is 28.2. The Morgan fingerprint density at radius 2 is 1.77 bits per heavy atom. The van der Waals surface area contributed by atoms with Crippen molar-refractivity contribution in [2.75, 3.05) is 0 Å². The molecule has 0 amide bonds. The molecule has 0 bridgehead atoms. The fourth-order valence-electron chi connectivity index (χ4n) is 2.18. The van der Waals surface area contributed by atoms with Gasteiger partial charge in [-0.2, -0.15) is 0 Å². The van der Waals surface area contributed by atoms with Gasteiger partial charge in [-0.25, -0.2) is 13.5 Å². The summed E-state index contributed by atoms with van der Waals surface area (Å²) in [5.74, 6) is -0.815. The third-order valence-corrected chi connectivity index (χ3v) is 3.27. The fraction of sp³-hybridized carbons (Fsp3) is 0.0625. The second-order valence-electron chi connectivity index (χ2n) is 4.71. The Hall–Kier alpha value is -2.89. The summed E-state index contributed by atoms with van der Waals surface area (Å²) in [5, 5.41) is 7.62. The van der Waals surface area contributed by atoms with Crippen molar-refractivity contribution in [2.24, 2.45) is 0 Å². The first kappa shape index (κ1) is 14.1. The summed E-state index contributed by atoms with van der Waals surface area (Å²) in [4.78, 5) is 11.1. The Labute approximate surface area is 125 Å². The molecule has 4 nitrogen and oxygen atoms in total. The molecule has 0 aliphatic carbocycles. The molecule has 3 aromatic rings. The third kappa shape index (κ3) is 2.63. The van der Waals surface area contributed by atoms with Crippen molar-refractivity contribution in [1.82, 2.24) is 15.0 Å². The van der Waals surface area contributed by atoms with Crippen LogP contribution in [-0.2, 0) is 6.42 Å². The van der Waals surface area contributed by atoms with E-state index in [9.17, 15) is 13.6 Å². The van der Waals surface area contributed by atoms with Gasteiger partial charge in [0, 0.05) is 6.42 Å². The van der Waals surface area contributed by atoms with Gasteiger partial charge in [0.2, 0.25) is 0 Å². The number of hydrogen-bond acceptors (Lipinski definition) is 3. The lowest BCUT2D eigenvalue weighted by Crippen LogP contribution is -2.06. The van der Waals surface area contributed by atoms with Crippen molar-refractivity contribution in [1.29, 1.82) is 0 Å². The van der Waals surface area contributed by atoms with Gasteiger partial charge in [-0.3, -0.25) is 4.79 Å². The van der Waals surface area contributed by atoms with Gasteiger partial charge in [-0.05, 0) is 29.8 Å². The zero-order valence-corrected chi connectivity index (χ0v) is 11.4. The number of hydrogen-bond donors (Lipinski definition) is 0. The third-order valence-electron chi connectivity index (χ3n) is 3.27. The largest absolute Gasteiger partial charge is 0.296 e. The van der Waals surface area contributed by atoms with Crippen LogP contribution in [0, 0.1) is 11.6 Å². The van der Waals surface area contributed by atoms with Gasteiger partial charge < -0.3 is 0 Å². The predicted octanol–water partition coefficient (Wildman–Crippen LogP) is 2.95. The van der Waals surface area contributed by atoms with Crippen LogP contribution in [0.5, 0.6) is 0 Å². The summed E-state index contributed by atoms with van der Waals surface area (Å²) in [6.45, 7) is 0. The fourth-order valence-corrected chi connectivity index (χ4v) is 2.18. The van der Waals surface area contributed by atoms with Crippen LogP contribution in [0.2, 0.25) is 0 Å². The quantitative estimate of drug-likeness (QED) is 0.696. The SMILES string of the molecule is O=Cc1nnn(-c2ccccc2F)c1Cc1ccc(F)cc1. The number of carbonyl (C=O) groups is 1. The lowest BCUT2D eigenvalue weighted by molar-refractivity contribution is 0.111. The Kier molecular flexibility index (Phi) is 3.74. The minimum Gasteiger partial charge on any atom is -0.296 e. The maximum absolute atomic E-state index is 13.9. The number of aromatic nitrogens is 3. The standard InChI is InChI=1S/C16H11F2N3O/c17-12-7-5-11(6-8-12)9-16-14(10-22)19-20-21(16)15-4-2-1-3-13(15)18/h1-8,10H,9H2. The molecule has 0 fully saturated rings. The van der Waals surface area contributed by atoms with Crippen molar-refractivity contribution < 1.29 is 13.6 Å². The van der Waals surface area contributed by atoms with E-state index in [0.29, 0.717) is 12.0 Å². The molecule has 0 N–H and O–H groups in total. The first-order valence-corrected chi connectivity index (χ1v) is 6.58. The zero-order chi connectivity index (χ0) is 15.5. The van der Waals surface area contributed by atoms with E-state index in [4.69, 9.17) is 0 Å². The van der Waals surface area contributed by atoms with Crippen LogP contribution in [0.4, 0.5) is 8.78 Å². The minimum absolute atomic E-state index is 0.132. The van der Waals surface area contributed by atoms with Crippen LogP contribution >= 0.6 is 0 Å². The van der Waals surface area contributed by atoms with E-state index in [-0.39, 0.29) is 23.6 Å². The van der Waals surface area contributed by atoms with Crippen LogP contribution < -0.4 is 0 Å². The van der Waals surface area contributed by atoms with Crippen molar-refractivity contribution >= 4 is 6.29 Å². The molecule has 1 heterocycles. The van der Waals surface area contributed by atoms with E-state index in [1.165, 1.54) is 22.9 Å². The van der Waals surface area contributed by atoms with Gasteiger partial charge in [0.05, 0.1) is 5.69 Å². The lowest BCUT2D eigenvalue weighted by Gasteiger charge is -2.08. The molecule has 0 saturated carbocycles. The highest BCUT2D eigenvalue weighted by Gasteiger charge is 2.16. The minimum atomic E-state index is -0.467. The zero-order valence-electron chi connectivity index (χ0n) is 11.4. The van der Waals surface area contributed by atoms with E-state index in [1.54, 1.807) is 30.3 Å². The Morgan fingerprint density at radius 1 is 1.05 bits per heavy atom. The molecular weight excluding hydrogens is 288 g/mol. The lowest BCUT2D eigenvalue weighted by atomic mass is 10.1. The Morgan fingerprint density at radius 3 is 2.45 bits per heavy atom. The van der Waals surface area contributed by atoms with Gasteiger partial charge in [0.15, 0.2) is 6.29 Å². The topological polar surface area (TPSA) is 47.8 Å². The highest BCUT2D eigenvalue weighted by Crippen LogP contribution is 2.18. The van der Waals surface area contributed by atoms with E-state index < -0.39 is 5.82 Å². The average molecular weight is 299 g/mol. The summed E-state index contributed by atoms with van der Waals surface area (Å²) in [7, 11) is 0. The number of carbonyl (C=O) groups excluding carboxylic acids is 1. The van der Waals surface area contributed by atoms with Crippen molar-refractivity contribution in [2.45, 2.75) is 6.42 Å². The van der Waals surface area contributed by atoms with Gasteiger partial charge in [0.1, 0.15) is 23.0 Å². The molecule has 0 radical (unpaired) electrons. The van der Waals surface area contributed by atoms with E-state index in [0.717, 1.165) is 5.56 Å². The monoisotopic (exact) mass is 299 g/mol. The molecule has 0 atom stereocenters. The summed E-state index contributed by atoms with van der Waals surface area (Å²) >= 11 is 0. The van der Waals surface area contributed by atoms with Gasteiger partial charge in [0.25, 0.3) is 0 Å². The number of nitrogens with zero attached hydrogens (tertiary/aromatic N) is 3. The number of rotatable bonds is 4. The molecule has 6 heteroatoms. The van der Waals surface area contributed by atoms with Crippen LogP contribution in [0.15, 0.2) is 48.5 Å². The first-order chi connectivity index (χ1) is 10.7. The highest BCUT2D eigenvalue weighted by atomic mass is 19.1. The second-order valence-corrected chi connectivity index (χ2v) is 4.71. The molecule has 3 rings (SSSR count).